The van der Waals surface area contributed by atoms with Crippen LogP contribution in [0.25, 0.3) is 0 Å². The van der Waals surface area contributed by atoms with Crippen molar-refractivity contribution in [1.82, 2.24) is 4.72 Å². The second-order valence-electron chi connectivity index (χ2n) is 4.45. The molecule has 10 heteroatoms. The van der Waals surface area contributed by atoms with Crippen LogP contribution in [-0.4, -0.2) is 42.2 Å². The lowest BCUT2D eigenvalue weighted by molar-refractivity contribution is 0.154. The average molecular weight is 348 g/mol. The van der Waals surface area contributed by atoms with Crippen LogP contribution >= 0.6 is 0 Å². The molecule has 1 N–H and O–H groups in total. The number of nitrogens with zero attached hydrogens (tertiary/aromatic N) is 1. The Morgan fingerprint density at radius 2 is 1.77 bits per heavy atom. The molecule has 0 radical (unpaired) electrons. The van der Waals surface area contributed by atoms with Gasteiger partial charge in [0, 0.05) is 6.42 Å². The molecule has 8 nitrogen and oxygen atoms in total. The van der Waals surface area contributed by atoms with Gasteiger partial charge in [0.25, 0.3) is 10.1 Å². The Kier molecular flexibility index (Phi) is 6.31. The predicted molar refractivity (Wildman–Crippen MR) is 79.0 cm³/mol. The molecule has 1 aromatic carbocycles. The molecule has 0 amide bonds. The molecule has 0 saturated carbocycles. The molecular weight excluding hydrogens is 332 g/mol. The normalized spacial score (nSPS) is 13.3. The van der Waals surface area contributed by atoms with Crippen molar-refractivity contribution < 1.29 is 25.8 Å². The zero-order valence-electron chi connectivity index (χ0n) is 12.0. The summed E-state index contributed by atoms with van der Waals surface area (Å²) in [6.45, 7) is -0.234. The number of sulfonamides is 1. The lowest BCUT2D eigenvalue weighted by Crippen LogP contribution is -2.39. The van der Waals surface area contributed by atoms with Gasteiger partial charge in [0.15, 0.2) is 6.23 Å². The Morgan fingerprint density at radius 1 is 1.18 bits per heavy atom. The van der Waals surface area contributed by atoms with E-state index < -0.39 is 26.4 Å². The first-order valence-corrected chi connectivity index (χ1v) is 9.78. The average Bonchev–Trinajstić information content (AvgIpc) is 2.36. The SMILES string of the molecule is CS(=O)(=O)NC(CCOS(C)(=O)=O)Oc1ccc(C#N)cc1. The third kappa shape index (κ3) is 7.94. The van der Waals surface area contributed by atoms with E-state index in [1.54, 1.807) is 0 Å². The highest BCUT2D eigenvalue weighted by Gasteiger charge is 2.17. The minimum Gasteiger partial charge on any atom is -0.474 e. The maximum atomic E-state index is 11.3. The summed E-state index contributed by atoms with van der Waals surface area (Å²) in [7, 11) is -7.17. The third-order valence-electron chi connectivity index (χ3n) is 2.28. The highest BCUT2D eigenvalue weighted by Crippen LogP contribution is 2.14. The fraction of sp³-hybridized carbons (Fsp3) is 0.417. The summed E-state index contributed by atoms with van der Waals surface area (Å²) in [5.74, 6) is 0.333. The first-order chi connectivity index (χ1) is 10.1. The van der Waals surface area contributed by atoms with Crippen LogP contribution in [0.1, 0.15) is 12.0 Å². The Bertz CT molecular complexity index is 735. The van der Waals surface area contributed by atoms with Crippen molar-refractivity contribution in [2.75, 3.05) is 19.1 Å². The van der Waals surface area contributed by atoms with E-state index in [1.807, 2.05) is 6.07 Å². The van der Waals surface area contributed by atoms with Crippen LogP contribution in [0.2, 0.25) is 0 Å². The summed E-state index contributed by atoms with van der Waals surface area (Å²) in [5, 5.41) is 8.70. The minimum atomic E-state index is -3.61. The molecule has 0 spiro atoms. The molecule has 0 saturated heterocycles. The van der Waals surface area contributed by atoms with Crippen molar-refractivity contribution in [3.63, 3.8) is 0 Å². The van der Waals surface area contributed by atoms with E-state index >= 15 is 0 Å². The van der Waals surface area contributed by atoms with E-state index in [4.69, 9.17) is 10.00 Å². The summed E-state index contributed by atoms with van der Waals surface area (Å²) >= 11 is 0. The summed E-state index contributed by atoms with van der Waals surface area (Å²) in [4.78, 5) is 0. The quantitative estimate of drug-likeness (QED) is 0.525. The standard InChI is InChI=1S/C12H16N2O6S2/c1-21(15,16)14-12(7-8-19-22(2,17)18)20-11-5-3-10(9-13)4-6-11/h3-6,12,14H,7-8H2,1-2H3. The summed E-state index contributed by atoms with van der Waals surface area (Å²) < 4.78 is 56.6. The second-order valence-corrected chi connectivity index (χ2v) is 7.87. The van der Waals surface area contributed by atoms with Gasteiger partial charge in [-0.15, -0.1) is 0 Å². The van der Waals surface area contributed by atoms with E-state index in [0.717, 1.165) is 12.5 Å². The van der Waals surface area contributed by atoms with Crippen LogP contribution in [0.15, 0.2) is 24.3 Å². The molecule has 1 aromatic rings. The van der Waals surface area contributed by atoms with Crippen molar-refractivity contribution in [1.29, 1.82) is 5.26 Å². The lowest BCUT2D eigenvalue weighted by Gasteiger charge is -2.19. The number of benzene rings is 1. The fourth-order valence-corrected chi connectivity index (χ4v) is 2.50. The second kappa shape index (κ2) is 7.55. The maximum Gasteiger partial charge on any atom is 0.264 e. The number of nitriles is 1. The van der Waals surface area contributed by atoms with Crippen LogP contribution in [0.5, 0.6) is 5.75 Å². The predicted octanol–water partition coefficient (Wildman–Crippen LogP) is 0.179. The van der Waals surface area contributed by atoms with Crippen molar-refractivity contribution in [3.05, 3.63) is 29.8 Å². The van der Waals surface area contributed by atoms with Gasteiger partial charge in [-0.2, -0.15) is 18.4 Å². The van der Waals surface area contributed by atoms with Gasteiger partial charge in [0.1, 0.15) is 5.75 Å². The molecule has 1 rings (SSSR count). The topological polar surface area (TPSA) is 123 Å². The van der Waals surface area contributed by atoms with Crippen LogP contribution in [-0.2, 0) is 24.3 Å². The number of nitrogens with one attached hydrogen (secondary N) is 1. The van der Waals surface area contributed by atoms with Gasteiger partial charge in [0.2, 0.25) is 10.0 Å². The lowest BCUT2D eigenvalue weighted by atomic mass is 10.2. The van der Waals surface area contributed by atoms with Gasteiger partial charge in [0.05, 0.1) is 30.8 Å². The van der Waals surface area contributed by atoms with Gasteiger partial charge in [-0.25, -0.2) is 8.42 Å². The van der Waals surface area contributed by atoms with Crippen LogP contribution < -0.4 is 9.46 Å². The Morgan fingerprint density at radius 3 is 2.23 bits per heavy atom. The molecule has 0 fully saturated rings. The minimum absolute atomic E-state index is 0.0137. The smallest absolute Gasteiger partial charge is 0.264 e. The van der Waals surface area contributed by atoms with Gasteiger partial charge in [-0.1, -0.05) is 0 Å². The monoisotopic (exact) mass is 348 g/mol. The molecular formula is C12H16N2O6S2. The highest BCUT2D eigenvalue weighted by atomic mass is 32.2. The summed E-state index contributed by atoms with van der Waals surface area (Å²) in [5.41, 5.74) is 0.431. The van der Waals surface area contributed by atoms with E-state index in [1.165, 1.54) is 24.3 Å². The third-order valence-corrected chi connectivity index (χ3v) is 3.57. The van der Waals surface area contributed by atoms with E-state index in [-0.39, 0.29) is 13.0 Å². The number of hydrogen-bond donors (Lipinski definition) is 1. The number of rotatable bonds is 8. The van der Waals surface area contributed by atoms with E-state index in [2.05, 4.69) is 8.91 Å². The Balaban J connectivity index is 2.74. The highest BCUT2D eigenvalue weighted by molar-refractivity contribution is 7.88. The maximum absolute atomic E-state index is 11.3. The summed E-state index contributed by atoms with van der Waals surface area (Å²) in [6, 6.07) is 7.98. The number of hydrogen-bond acceptors (Lipinski definition) is 7. The number of ether oxygens (including phenoxy) is 1. The molecule has 122 valence electrons. The largest absolute Gasteiger partial charge is 0.474 e. The zero-order chi connectivity index (χ0) is 16.8. The van der Waals surface area contributed by atoms with Gasteiger partial charge in [-0.05, 0) is 24.3 Å². The van der Waals surface area contributed by atoms with Crippen LogP contribution in [0.3, 0.4) is 0 Å². The molecule has 0 aliphatic heterocycles. The molecule has 0 aromatic heterocycles. The first-order valence-electron chi connectivity index (χ1n) is 6.07. The first kappa shape index (κ1) is 18.4. The fourth-order valence-electron chi connectivity index (χ4n) is 1.46. The van der Waals surface area contributed by atoms with Crippen molar-refractivity contribution >= 4 is 20.1 Å². The van der Waals surface area contributed by atoms with Crippen LogP contribution in [0.4, 0.5) is 0 Å². The van der Waals surface area contributed by atoms with Crippen molar-refractivity contribution in [2.24, 2.45) is 0 Å². The van der Waals surface area contributed by atoms with Crippen molar-refractivity contribution in [3.8, 4) is 11.8 Å². The van der Waals surface area contributed by atoms with E-state index in [9.17, 15) is 16.8 Å². The van der Waals surface area contributed by atoms with Crippen molar-refractivity contribution in [2.45, 2.75) is 12.6 Å². The molecule has 0 bridgehead atoms. The molecule has 0 aliphatic rings. The Labute approximate surface area is 129 Å². The molecule has 1 atom stereocenters. The molecule has 0 aliphatic carbocycles. The van der Waals surface area contributed by atoms with Gasteiger partial charge >= 0.3 is 0 Å². The van der Waals surface area contributed by atoms with Gasteiger partial charge in [-0.3, -0.25) is 4.18 Å². The van der Waals surface area contributed by atoms with Crippen LogP contribution in [0, 0.1) is 11.3 Å². The molecule has 1 unspecified atom stereocenters. The van der Waals surface area contributed by atoms with Gasteiger partial charge < -0.3 is 4.74 Å². The van der Waals surface area contributed by atoms with E-state index in [0.29, 0.717) is 11.3 Å². The Hall–Kier alpha value is -1.67. The summed E-state index contributed by atoms with van der Waals surface area (Å²) in [6.07, 6.45) is 0.845. The zero-order valence-corrected chi connectivity index (χ0v) is 13.6. The molecule has 22 heavy (non-hydrogen) atoms. The molecule has 0 heterocycles.